The number of alkyl halides is 1. The van der Waals surface area contributed by atoms with E-state index in [1.165, 1.54) is 32.1 Å². The highest BCUT2D eigenvalue weighted by Gasteiger charge is 2.21. The van der Waals surface area contributed by atoms with E-state index in [9.17, 15) is 4.79 Å². The van der Waals surface area contributed by atoms with Crippen molar-refractivity contribution in [2.45, 2.75) is 56.4 Å². The minimum Gasteiger partial charge on any atom is -0.352 e. The van der Waals surface area contributed by atoms with E-state index in [2.05, 4.69) is 5.32 Å². The van der Waals surface area contributed by atoms with Crippen LogP contribution < -0.4 is 5.32 Å². The van der Waals surface area contributed by atoms with Crippen LogP contribution in [0.1, 0.15) is 55.9 Å². The lowest BCUT2D eigenvalue weighted by Crippen LogP contribution is -2.37. The molecule has 19 heavy (non-hydrogen) atoms. The van der Waals surface area contributed by atoms with Gasteiger partial charge in [0, 0.05) is 6.04 Å². The van der Waals surface area contributed by atoms with Gasteiger partial charge >= 0.3 is 0 Å². The van der Waals surface area contributed by atoms with E-state index in [4.69, 9.17) is 11.6 Å². The van der Waals surface area contributed by atoms with Crippen molar-refractivity contribution in [2.24, 2.45) is 0 Å². The molecule has 0 saturated heterocycles. The standard InChI is InChI=1S/C16H22ClNO/c17-15(13-9-5-4-6-10-13)16(19)18-14-11-7-2-1-3-8-12-14/h4-6,9-10,14-15H,1-3,7-8,11-12H2,(H,18,19). The Labute approximate surface area is 120 Å². The normalized spacial score (nSPS) is 19.2. The maximum absolute atomic E-state index is 12.2. The smallest absolute Gasteiger partial charge is 0.242 e. The van der Waals surface area contributed by atoms with Crippen LogP contribution in [0.15, 0.2) is 30.3 Å². The van der Waals surface area contributed by atoms with Gasteiger partial charge in [0.2, 0.25) is 5.91 Å². The molecule has 2 nitrogen and oxygen atoms in total. The fourth-order valence-corrected chi connectivity index (χ4v) is 2.86. The molecule has 1 aromatic rings. The Morgan fingerprint density at radius 2 is 1.63 bits per heavy atom. The number of benzene rings is 1. The number of carbonyl (C=O) groups is 1. The summed E-state index contributed by atoms with van der Waals surface area (Å²) in [5.74, 6) is -0.0570. The highest BCUT2D eigenvalue weighted by Crippen LogP contribution is 2.22. The molecule has 1 saturated carbocycles. The van der Waals surface area contributed by atoms with E-state index in [0.717, 1.165) is 18.4 Å². The minimum absolute atomic E-state index is 0.0570. The van der Waals surface area contributed by atoms with Crippen LogP contribution in [0.25, 0.3) is 0 Å². The Bertz CT molecular complexity index is 385. The summed E-state index contributed by atoms with van der Waals surface area (Å²) in [6.45, 7) is 0. The maximum Gasteiger partial charge on any atom is 0.242 e. The number of hydrogen-bond donors (Lipinski definition) is 1. The molecule has 104 valence electrons. The first-order valence-corrected chi connectivity index (χ1v) is 7.70. The molecule has 1 amide bonds. The average Bonchev–Trinajstić information content (AvgIpc) is 2.41. The number of amides is 1. The van der Waals surface area contributed by atoms with Gasteiger partial charge in [0.1, 0.15) is 5.38 Å². The highest BCUT2D eigenvalue weighted by atomic mass is 35.5. The number of halogens is 1. The van der Waals surface area contributed by atoms with Gasteiger partial charge in [0.25, 0.3) is 0 Å². The molecule has 0 bridgehead atoms. The number of carbonyl (C=O) groups excluding carboxylic acids is 1. The second-order valence-electron chi connectivity index (χ2n) is 5.32. The molecule has 1 atom stereocenters. The molecule has 1 aliphatic rings. The topological polar surface area (TPSA) is 29.1 Å². The second-order valence-corrected chi connectivity index (χ2v) is 5.76. The zero-order chi connectivity index (χ0) is 13.5. The van der Waals surface area contributed by atoms with Gasteiger partial charge in [-0.1, -0.05) is 62.4 Å². The van der Waals surface area contributed by atoms with Crippen LogP contribution in [0.3, 0.4) is 0 Å². The molecule has 0 aliphatic heterocycles. The van der Waals surface area contributed by atoms with Crippen molar-refractivity contribution in [3.8, 4) is 0 Å². The lowest BCUT2D eigenvalue weighted by molar-refractivity contribution is -0.121. The summed E-state index contributed by atoms with van der Waals surface area (Å²) in [5.41, 5.74) is 0.868. The fourth-order valence-electron chi connectivity index (χ4n) is 2.65. The first kappa shape index (κ1) is 14.4. The molecule has 0 spiro atoms. The van der Waals surface area contributed by atoms with Gasteiger partial charge in [-0.15, -0.1) is 11.6 Å². The van der Waals surface area contributed by atoms with Gasteiger partial charge in [-0.2, -0.15) is 0 Å². The summed E-state index contributed by atoms with van der Waals surface area (Å²) in [6.07, 6.45) is 8.51. The van der Waals surface area contributed by atoms with Gasteiger partial charge in [0.05, 0.1) is 0 Å². The fraction of sp³-hybridized carbons (Fsp3) is 0.562. The summed E-state index contributed by atoms with van der Waals surface area (Å²) >= 11 is 6.24. The summed E-state index contributed by atoms with van der Waals surface area (Å²) in [6, 6.07) is 9.85. The Balaban J connectivity index is 1.88. The largest absolute Gasteiger partial charge is 0.352 e. The third kappa shape index (κ3) is 4.54. The van der Waals surface area contributed by atoms with Crippen LogP contribution in [0.2, 0.25) is 0 Å². The molecule has 0 aromatic heterocycles. The Morgan fingerprint density at radius 1 is 1.05 bits per heavy atom. The summed E-state index contributed by atoms with van der Waals surface area (Å²) in [4.78, 5) is 12.2. The predicted molar refractivity (Wildman–Crippen MR) is 79.3 cm³/mol. The zero-order valence-corrected chi connectivity index (χ0v) is 12.0. The van der Waals surface area contributed by atoms with Crippen molar-refractivity contribution in [1.29, 1.82) is 0 Å². The Kier molecular flexibility index (Phi) is 5.71. The quantitative estimate of drug-likeness (QED) is 0.826. The molecule has 0 radical (unpaired) electrons. The van der Waals surface area contributed by atoms with Gasteiger partial charge in [0.15, 0.2) is 0 Å². The first-order chi connectivity index (χ1) is 9.27. The third-order valence-electron chi connectivity index (χ3n) is 3.77. The van der Waals surface area contributed by atoms with Crippen LogP contribution in [0, 0.1) is 0 Å². The molecule has 1 aliphatic carbocycles. The van der Waals surface area contributed by atoms with Crippen molar-refractivity contribution in [3.63, 3.8) is 0 Å². The van der Waals surface area contributed by atoms with Crippen molar-refractivity contribution in [3.05, 3.63) is 35.9 Å². The van der Waals surface area contributed by atoms with E-state index in [-0.39, 0.29) is 5.91 Å². The van der Waals surface area contributed by atoms with E-state index < -0.39 is 5.38 Å². The monoisotopic (exact) mass is 279 g/mol. The molecular weight excluding hydrogens is 258 g/mol. The molecule has 1 unspecified atom stereocenters. The lowest BCUT2D eigenvalue weighted by Gasteiger charge is -2.22. The van der Waals surface area contributed by atoms with E-state index in [1.807, 2.05) is 30.3 Å². The van der Waals surface area contributed by atoms with Crippen LogP contribution in [0.4, 0.5) is 0 Å². The Morgan fingerprint density at radius 3 is 2.26 bits per heavy atom. The number of hydrogen-bond acceptors (Lipinski definition) is 1. The zero-order valence-electron chi connectivity index (χ0n) is 11.3. The minimum atomic E-state index is -0.577. The van der Waals surface area contributed by atoms with Crippen molar-refractivity contribution in [2.75, 3.05) is 0 Å². The van der Waals surface area contributed by atoms with E-state index in [1.54, 1.807) is 0 Å². The first-order valence-electron chi connectivity index (χ1n) is 7.27. The molecule has 1 N–H and O–H groups in total. The van der Waals surface area contributed by atoms with Gasteiger partial charge < -0.3 is 5.32 Å². The summed E-state index contributed by atoms with van der Waals surface area (Å²) < 4.78 is 0. The number of nitrogens with one attached hydrogen (secondary N) is 1. The lowest BCUT2D eigenvalue weighted by atomic mass is 9.96. The van der Waals surface area contributed by atoms with E-state index >= 15 is 0 Å². The molecule has 1 aromatic carbocycles. The molecule has 0 heterocycles. The molecule has 1 fully saturated rings. The Hall–Kier alpha value is -1.02. The summed E-state index contributed by atoms with van der Waals surface area (Å²) in [5, 5.41) is 2.54. The second kappa shape index (κ2) is 7.54. The van der Waals surface area contributed by atoms with Crippen molar-refractivity contribution >= 4 is 17.5 Å². The van der Waals surface area contributed by atoms with E-state index in [0.29, 0.717) is 6.04 Å². The molecule has 3 heteroatoms. The maximum atomic E-state index is 12.2. The highest BCUT2D eigenvalue weighted by molar-refractivity contribution is 6.30. The van der Waals surface area contributed by atoms with Crippen LogP contribution in [0.5, 0.6) is 0 Å². The van der Waals surface area contributed by atoms with Crippen LogP contribution in [-0.4, -0.2) is 11.9 Å². The number of rotatable bonds is 3. The van der Waals surface area contributed by atoms with Gasteiger partial charge in [-0.05, 0) is 18.4 Å². The van der Waals surface area contributed by atoms with Gasteiger partial charge in [-0.25, -0.2) is 0 Å². The van der Waals surface area contributed by atoms with Crippen LogP contribution in [-0.2, 0) is 4.79 Å². The van der Waals surface area contributed by atoms with Crippen LogP contribution >= 0.6 is 11.6 Å². The van der Waals surface area contributed by atoms with Crippen molar-refractivity contribution in [1.82, 2.24) is 5.32 Å². The third-order valence-corrected chi connectivity index (χ3v) is 4.22. The molecule has 2 rings (SSSR count). The average molecular weight is 280 g/mol. The SMILES string of the molecule is O=C(NC1CCCCCCC1)C(Cl)c1ccccc1. The summed E-state index contributed by atoms with van der Waals surface area (Å²) in [7, 11) is 0. The van der Waals surface area contributed by atoms with Crippen molar-refractivity contribution < 1.29 is 4.79 Å². The molecular formula is C16H22ClNO. The van der Waals surface area contributed by atoms with Gasteiger partial charge in [-0.3, -0.25) is 4.79 Å². The predicted octanol–water partition coefficient (Wildman–Crippen LogP) is 4.20.